The van der Waals surface area contributed by atoms with Crippen LogP contribution in [0.4, 0.5) is 5.69 Å². The standard InChI is InChI=1S/C8H9BrClN/c9-4-3-6-1-2-8(11)7(10)5-6/h1-2,5H,3-4,11H2. The monoisotopic (exact) mass is 233 g/mol. The van der Waals surface area contributed by atoms with E-state index in [0.29, 0.717) is 10.7 Å². The quantitative estimate of drug-likeness (QED) is 0.618. The molecule has 0 saturated heterocycles. The summed E-state index contributed by atoms with van der Waals surface area (Å²) in [5, 5.41) is 1.59. The first-order valence-electron chi connectivity index (χ1n) is 3.34. The molecule has 2 N–H and O–H groups in total. The van der Waals surface area contributed by atoms with Crippen LogP contribution in [0.3, 0.4) is 0 Å². The molecule has 0 fully saturated rings. The number of rotatable bonds is 2. The van der Waals surface area contributed by atoms with E-state index in [-0.39, 0.29) is 0 Å². The Balaban J connectivity index is 2.86. The maximum Gasteiger partial charge on any atom is 0.0638 e. The zero-order valence-electron chi connectivity index (χ0n) is 5.98. The molecule has 11 heavy (non-hydrogen) atoms. The minimum Gasteiger partial charge on any atom is -0.398 e. The third-order valence-electron chi connectivity index (χ3n) is 1.45. The third-order valence-corrected chi connectivity index (χ3v) is 2.17. The van der Waals surface area contributed by atoms with Crippen molar-refractivity contribution in [2.75, 3.05) is 11.1 Å². The van der Waals surface area contributed by atoms with Crippen LogP contribution in [0.25, 0.3) is 0 Å². The summed E-state index contributed by atoms with van der Waals surface area (Å²) in [5.41, 5.74) is 7.39. The highest BCUT2D eigenvalue weighted by Gasteiger charge is 1.96. The molecule has 1 nitrogen and oxygen atoms in total. The number of nitrogens with two attached hydrogens (primary N) is 1. The van der Waals surface area contributed by atoms with Crippen LogP contribution in [0, 0.1) is 0 Å². The van der Waals surface area contributed by atoms with Crippen molar-refractivity contribution >= 4 is 33.2 Å². The van der Waals surface area contributed by atoms with Crippen LogP contribution in [0.5, 0.6) is 0 Å². The van der Waals surface area contributed by atoms with Crippen molar-refractivity contribution in [3.8, 4) is 0 Å². The second-order valence-corrected chi connectivity index (χ2v) is 3.50. The van der Waals surface area contributed by atoms with E-state index in [9.17, 15) is 0 Å². The molecule has 60 valence electrons. The van der Waals surface area contributed by atoms with Crippen LogP contribution in [0.2, 0.25) is 5.02 Å². The Kier molecular flexibility index (Phi) is 3.21. The summed E-state index contributed by atoms with van der Waals surface area (Å²) in [6.45, 7) is 0. The summed E-state index contributed by atoms with van der Waals surface area (Å²) in [5.74, 6) is 0. The first kappa shape index (κ1) is 8.88. The van der Waals surface area contributed by atoms with Gasteiger partial charge in [0.2, 0.25) is 0 Å². The number of aryl methyl sites for hydroxylation is 1. The van der Waals surface area contributed by atoms with Gasteiger partial charge in [-0.3, -0.25) is 0 Å². The minimum atomic E-state index is 0.642. The predicted octanol–water partition coefficient (Wildman–Crippen LogP) is 2.86. The number of benzene rings is 1. The fourth-order valence-electron chi connectivity index (χ4n) is 0.835. The number of nitrogen functional groups attached to an aromatic ring is 1. The molecule has 3 heteroatoms. The second kappa shape index (κ2) is 3.98. The van der Waals surface area contributed by atoms with Crippen molar-refractivity contribution in [2.45, 2.75) is 6.42 Å². The summed E-state index contributed by atoms with van der Waals surface area (Å²) in [4.78, 5) is 0. The van der Waals surface area contributed by atoms with Crippen LogP contribution in [-0.4, -0.2) is 5.33 Å². The Labute approximate surface area is 79.7 Å². The van der Waals surface area contributed by atoms with Crippen LogP contribution in [0.1, 0.15) is 5.56 Å². The third kappa shape index (κ3) is 2.38. The average Bonchev–Trinajstić information content (AvgIpc) is 1.98. The largest absolute Gasteiger partial charge is 0.398 e. The molecule has 1 rings (SSSR count). The van der Waals surface area contributed by atoms with Crippen molar-refractivity contribution in [2.24, 2.45) is 0 Å². The summed E-state index contributed by atoms with van der Waals surface area (Å²) >= 11 is 9.16. The number of alkyl halides is 1. The molecule has 0 spiro atoms. The molecular weight excluding hydrogens is 225 g/mol. The molecule has 1 aromatic rings. The number of anilines is 1. The van der Waals surface area contributed by atoms with Gasteiger partial charge in [-0.2, -0.15) is 0 Å². The van der Waals surface area contributed by atoms with Crippen LogP contribution >= 0.6 is 27.5 Å². The van der Waals surface area contributed by atoms with E-state index >= 15 is 0 Å². The SMILES string of the molecule is Nc1ccc(CCBr)cc1Cl. The molecule has 0 amide bonds. The van der Waals surface area contributed by atoms with Gasteiger partial charge in [0, 0.05) is 5.33 Å². The minimum absolute atomic E-state index is 0.642. The van der Waals surface area contributed by atoms with E-state index < -0.39 is 0 Å². The molecule has 0 aromatic heterocycles. The Hall–Kier alpha value is -0.210. The van der Waals surface area contributed by atoms with Crippen LogP contribution in [0.15, 0.2) is 18.2 Å². The lowest BCUT2D eigenvalue weighted by Crippen LogP contribution is -1.89. The zero-order chi connectivity index (χ0) is 8.27. The van der Waals surface area contributed by atoms with Crippen molar-refractivity contribution in [1.82, 2.24) is 0 Å². The fourth-order valence-corrected chi connectivity index (χ4v) is 1.50. The molecule has 0 saturated carbocycles. The number of hydrogen-bond acceptors (Lipinski definition) is 1. The summed E-state index contributed by atoms with van der Waals surface area (Å²) in [6.07, 6.45) is 0.986. The topological polar surface area (TPSA) is 26.0 Å². The van der Waals surface area contributed by atoms with Crippen molar-refractivity contribution in [1.29, 1.82) is 0 Å². The van der Waals surface area contributed by atoms with E-state index in [1.165, 1.54) is 5.56 Å². The van der Waals surface area contributed by atoms with Crippen molar-refractivity contribution < 1.29 is 0 Å². The molecule has 0 atom stereocenters. The van der Waals surface area contributed by atoms with Gasteiger partial charge in [0.05, 0.1) is 10.7 Å². The Morgan fingerprint density at radius 1 is 1.45 bits per heavy atom. The number of hydrogen-bond donors (Lipinski definition) is 1. The van der Waals surface area contributed by atoms with E-state index in [0.717, 1.165) is 11.8 Å². The van der Waals surface area contributed by atoms with Gasteiger partial charge in [-0.15, -0.1) is 0 Å². The maximum atomic E-state index is 5.81. The molecule has 0 radical (unpaired) electrons. The van der Waals surface area contributed by atoms with Gasteiger partial charge in [0.1, 0.15) is 0 Å². The van der Waals surface area contributed by atoms with Crippen LogP contribution < -0.4 is 5.73 Å². The fraction of sp³-hybridized carbons (Fsp3) is 0.250. The Morgan fingerprint density at radius 2 is 2.18 bits per heavy atom. The van der Waals surface area contributed by atoms with Crippen LogP contribution in [-0.2, 0) is 6.42 Å². The summed E-state index contributed by atoms with van der Waals surface area (Å²) < 4.78 is 0. The molecule has 0 aliphatic carbocycles. The van der Waals surface area contributed by atoms with Gasteiger partial charge < -0.3 is 5.73 Å². The summed E-state index contributed by atoms with van der Waals surface area (Å²) in [7, 11) is 0. The lowest BCUT2D eigenvalue weighted by atomic mass is 10.1. The van der Waals surface area contributed by atoms with Crippen molar-refractivity contribution in [3.63, 3.8) is 0 Å². The van der Waals surface area contributed by atoms with Gasteiger partial charge in [-0.25, -0.2) is 0 Å². The van der Waals surface area contributed by atoms with Gasteiger partial charge in [-0.05, 0) is 24.1 Å². The molecule has 0 aliphatic rings. The van der Waals surface area contributed by atoms with Gasteiger partial charge in [0.15, 0.2) is 0 Å². The highest BCUT2D eigenvalue weighted by molar-refractivity contribution is 9.09. The lowest BCUT2D eigenvalue weighted by molar-refractivity contribution is 1.17. The Morgan fingerprint density at radius 3 is 2.73 bits per heavy atom. The smallest absolute Gasteiger partial charge is 0.0638 e. The number of halogens is 2. The molecular formula is C8H9BrClN. The van der Waals surface area contributed by atoms with E-state index in [4.69, 9.17) is 17.3 Å². The highest BCUT2D eigenvalue weighted by atomic mass is 79.9. The van der Waals surface area contributed by atoms with Gasteiger partial charge >= 0.3 is 0 Å². The molecule has 1 aromatic carbocycles. The maximum absolute atomic E-state index is 5.81. The van der Waals surface area contributed by atoms with E-state index in [2.05, 4.69) is 15.9 Å². The van der Waals surface area contributed by atoms with Gasteiger partial charge in [0.25, 0.3) is 0 Å². The van der Waals surface area contributed by atoms with Crippen molar-refractivity contribution in [3.05, 3.63) is 28.8 Å². The van der Waals surface area contributed by atoms with E-state index in [1.807, 2.05) is 18.2 Å². The summed E-state index contributed by atoms with van der Waals surface area (Å²) in [6, 6.07) is 5.72. The molecule has 0 aliphatic heterocycles. The highest BCUT2D eigenvalue weighted by Crippen LogP contribution is 2.19. The average molecular weight is 235 g/mol. The first-order valence-corrected chi connectivity index (χ1v) is 4.84. The normalized spacial score (nSPS) is 10.0. The first-order chi connectivity index (χ1) is 5.24. The second-order valence-electron chi connectivity index (χ2n) is 2.29. The molecule has 0 heterocycles. The Bertz CT molecular complexity index is 250. The van der Waals surface area contributed by atoms with E-state index in [1.54, 1.807) is 0 Å². The molecule has 0 bridgehead atoms. The van der Waals surface area contributed by atoms with Gasteiger partial charge in [-0.1, -0.05) is 33.6 Å². The lowest BCUT2D eigenvalue weighted by Gasteiger charge is -2.00. The zero-order valence-corrected chi connectivity index (χ0v) is 8.32. The molecule has 0 unspecified atom stereocenters. The predicted molar refractivity (Wildman–Crippen MR) is 53.4 cm³/mol.